The summed E-state index contributed by atoms with van der Waals surface area (Å²) in [6.45, 7) is 7.92. The van der Waals surface area contributed by atoms with Crippen LogP contribution in [0.2, 0.25) is 5.15 Å². The fourth-order valence-corrected chi connectivity index (χ4v) is 3.41. The molecule has 1 fully saturated rings. The fraction of sp³-hybridized carbons (Fsp3) is 0.688. The van der Waals surface area contributed by atoms with Crippen LogP contribution in [0.4, 0.5) is 11.8 Å². The van der Waals surface area contributed by atoms with Gasteiger partial charge in [-0.1, -0.05) is 25.4 Å². The van der Waals surface area contributed by atoms with E-state index in [4.69, 9.17) is 28.6 Å². The molecule has 2 atom stereocenters. The summed E-state index contributed by atoms with van der Waals surface area (Å²) in [4.78, 5) is 11.1. The van der Waals surface area contributed by atoms with E-state index in [2.05, 4.69) is 39.3 Å². The number of methoxy groups -OCH3 is 1. The van der Waals surface area contributed by atoms with Gasteiger partial charge in [0.15, 0.2) is 5.11 Å². The Balaban J connectivity index is 1.99. The van der Waals surface area contributed by atoms with E-state index < -0.39 is 0 Å². The van der Waals surface area contributed by atoms with Gasteiger partial charge >= 0.3 is 0 Å². The Hall–Kier alpha value is -1.18. The predicted molar refractivity (Wildman–Crippen MR) is 103 cm³/mol. The molecule has 1 aromatic heterocycles. The van der Waals surface area contributed by atoms with Crippen molar-refractivity contribution in [3.8, 4) is 0 Å². The number of nitrogens with one attached hydrogen (secondary N) is 2. The first-order valence-electron chi connectivity index (χ1n) is 8.31. The molecule has 2 heterocycles. The number of thiocarbonyl (C=S) groups is 1. The number of nitrogens with zero attached hydrogens (tertiary/aromatic N) is 3. The van der Waals surface area contributed by atoms with Crippen molar-refractivity contribution in [1.29, 1.82) is 0 Å². The zero-order valence-electron chi connectivity index (χ0n) is 14.5. The lowest BCUT2D eigenvalue weighted by molar-refractivity contribution is 0.196. The lowest BCUT2D eigenvalue weighted by Crippen LogP contribution is -2.39. The molecular formula is C16H26ClN5OS. The second-order valence-electron chi connectivity index (χ2n) is 6.45. The summed E-state index contributed by atoms with van der Waals surface area (Å²) in [5.41, 5.74) is 0. The van der Waals surface area contributed by atoms with Crippen LogP contribution in [-0.4, -0.2) is 48.4 Å². The Morgan fingerprint density at radius 1 is 1.38 bits per heavy atom. The number of hydrogen-bond acceptors (Lipinski definition) is 5. The number of rotatable bonds is 6. The SMILES string of the molecule is COCCCNC(=S)Nc1nc(Cl)cc(N2C[C@H](C)C[C@H](C)C2)n1. The summed E-state index contributed by atoms with van der Waals surface area (Å²) in [5.74, 6) is 2.55. The van der Waals surface area contributed by atoms with Gasteiger partial charge < -0.3 is 20.3 Å². The molecule has 1 aliphatic rings. The van der Waals surface area contributed by atoms with Crippen molar-refractivity contribution in [2.45, 2.75) is 26.7 Å². The van der Waals surface area contributed by atoms with Gasteiger partial charge in [-0.2, -0.15) is 4.98 Å². The molecule has 1 aliphatic heterocycles. The minimum Gasteiger partial charge on any atom is -0.385 e. The van der Waals surface area contributed by atoms with E-state index in [1.165, 1.54) is 6.42 Å². The Kier molecular flexibility index (Phi) is 7.45. The predicted octanol–water partition coefficient (Wildman–Crippen LogP) is 2.94. The van der Waals surface area contributed by atoms with Gasteiger partial charge in [-0.05, 0) is 36.9 Å². The molecule has 0 bridgehead atoms. The van der Waals surface area contributed by atoms with Gasteiger partial charge in [0.2, 0.25) is 5.95 Å². The van der Waals surface area contributed by atoms with Crippen molar-refractivity contribution >= 4 is 40.7 Å². The van der Waals surface area contributed by atoms with Crippen LogP contribution >= 0.6 is 23.8 Å². The highest BCUT2D eigenvalue weighted by atomic mass is 35.5. The van der Waals surface area contributed by atoms with Crippen LogP contribution in [0.5, 0.6) is 0 Å². The van der Waals surface area contributed by atoms with Gasteiger partial charge in [0.25, 0.3) is 0 Å². The standard InChI is InChI=1S/C16H26ClN5OS/c1-11-7-12(2)10-22(9-11)14-8-13(17)19-15(20-14)21-16(24)18-5-4-6-23-3/h8,11-12H,4-7,9-10H2,1-3H3,(H2,18,19,20,21,24)/t11-,12+. The topological polar surface area (TPSA) is 62.3 Å². The average molecular weight is 372 g/mol. The molecule has 0 radical (unpaired) electrons. The molecule has 1 saturated heterocycles. The molecule has 0 aromatic carbocycles. The number of ether oxygens (including phenoxy) is 1. The third-order valence-electron chi connectivity index (χ3n) is 3.91. The minimum absolute atomic E-state index is 0.413. The molecule has 134 valence electrons. The summed E-state index contributed by atoms with van der Waals surface area (Å²) in [6.07, 6.45) is 2.12. The van der Waals surface area contributed by atoms with Crippen LogP contribution in [0.15, 0.2) is 6.07 Å². The summed E-state index contributed by atoms with van der Waals surface area (Å²) < 4.78 is 5.01. The molecule has 24 heavy (non-hydrogen) atoms. The smallest absolute Gasteiger partial charge is 0.232 e. The van der Waals surface area contributed by atoms with Gasteiger partial charge in [-0.25, -0.2) is 4.98 Å². The van der Waals surface area contributed by atoms with Gasteiger partial charge in [0.1, 0.15) is 11.0 Å². The average Bonchev–Trinajstić information content (AvgIpc) is 2.50. The maximum Gasteiger partial charge on any atom is 0.232 e. The van der Waals surface area contributed by atoms with E-state index in [1.807, 2.05) is 6.07 Å². The summed E-state index contributed by atoms with van der Waals surface area (Å²) >= 11 is 11.4. The zero-order valence-corrected chi connectivity index (χ0v) is 16.1. The van der Waals surface area contributed by atoms with Crippen molar-refractivity contribution in [2.75, 3.05) is 43.6 Å². The third-order valence-corrected chi connectivity index (χ3v) is 4.35. The maximum absolute atomic E-state index is 6.17. The Bertz CT molecular complexity index is 549. The van der Waals surface area contributed by atoms with Crippen LogP contribution in [0.25, 0.3) is 0 Å². The molecule has 0 spiro atoms. The molecule has 0 aliphatic carbocycles. The first-order chi connectivity index (χ1) is 11.5. The summed E-state index contributed by atoms with van der Waals surface area (Å²) in [5, 5.41) is 7.01. The molecule has 0 unspecified atom stereocenters. The van der Waals surface area contributed by atoms with Crippen molar-refractivity contribution in [3.63, 3.8) is 0 Å². The van der Waals surface area contributed by atoms with Crippen molar-refractivity contribution in [1.82, 2.24) is 15.3 Å². The van der Waals surface area contributed by atoms with Crippen LogP contribution in [0.3, 0.4) is 0 Å². The highest BCUT2D eigenvalue weighted by molar-refractivity contribution is 7.80. The fourth-order valence-electron chi connectivity index (χ4n) is 3.04. The highest BCUT2D eigenvalue weighted by Gasteiger charge is 2.23. The second-order valence-corrected chi connectivity index (χ2v) is 7.25. The molecule has 6 nitrogen and oxygen atoms in total. The summed E-state index contributed by atoms with van der Waals surface area (Å²) in [6, 6.07) is 1.81. The Morgan fingerprint density at radius 3 is 2.75 bits per heavy atom. The third kappa shape index (κ3) is 6.03. The minimum atomic E-state index is 0.413. The van der Waals surface area contributed by atoms with Crippen molar-refractivity contribution in [3.05, 3.63) is 11.2 Å². The zero-order chi connectivity index (χ0) is 17.5. The number of aromatic nitrogens is 2. The molecule has 2 N–H and O–H groups in total. The van der Waals surface area contributed by atoms with Gasteiger partial charge in [0.05, 0.1) is 0 Å². The number of halogens is 1. The first kappa shape index (κ1) is 19.1. The molecule has 2 rings (SSSR count). The van der Waals surface area contributed by atoms with E-state index in [-0.39, 0.29) is 0 Å². The first-order valence-corrected chi connectivity index (χ1v) is 9.10. The molecular weight excluding hydrogens is 346 g/mol. The van der Waals surface area contributed by atoms with Crippen LogP contribution < -0.4 is 15.5 Å². The molecule has 0 amide bonds. The quantitative estimate of drug-likeness (QED) is 0.453. The van der Waals surface area contributed by atoms with E-state index >= 15 is 0 Å². The lowest BCUT2D eigenvalue weighted by Gasteiger charge is -2.35. The Morgan fingerprint density at radius 2 is 2.08 bits per heavy atom. The number of anilines is 2. The van der Waals surface area contributed by atoms with E-state index in [1.54, 1.807) is 7.11 Å². The van der Waals surface area contributed by atoms with Crippen molar-refractivity contribution < 1.29 is 4.74 Å². The monoisotopic (exact) mass is 371 g/mol. The van der Waals surface area contributed by atoms with Crippen LogP contribution in [0, 0.1) is 11.8 Å². The van der Waals surface area contributed by atoms with Gasteiger partial charge in [-0.15, -0.1) is 0 Å². The van der Waals surface area contributed by atoms with Crippen molar-refractivity contribution in [2.24, 2.45) is 11.8 Å². The molecule has 0 saturated carbocycles. The van der Waals surface area contributed by atoms with E-state index in [0.29, 0.717) is 34.7 Å². The Labute approximate surface area is 154 Å². The summed E-state index contributed by atoms with van der Waals surface area (Å²) in [7, 11) is 1.68. The normalized spacial score (nSPS) is 20.8. The number of hydrogen-bond donors (Lipinski definition) is 2. The second kappa shape index (κ2) is 9.34. The molecule has 1 aromatic rings. The van der Waals surface area contributed by atoms with Crippen LogP contribution in [-0.2, 0) is 4.74 Å². The largest absolute Gasteiger partial charge is 0.385 e. The van der Waals surface area contributed by atoms with E-state index in [9.17, 15) is 0 Å². The number of piperidine rings is 1. The van der Waals surface area contributed by atoms with Crippen LogP contribution in [0.1, 0.15) is 26.7 Å². The molecule has 8 heteroatoms. The lowest BCUT2D eigenvalue weighted by atomic mass is 9.92. The highest BCUT2D eigenvalue weighted by Crippen LogP contribution is 2.26. The van der Waals surface area contributed by atoms with Gasteiger partial charge in [0, 0.05) is 39.4 Å². The van der Waals surface area contributed by atoms with E-state index in [0.717, 1.165) is 31.9 Å². The van der Waals surface area contributed by atoms with Gasteiger partial charge in [-0.3, -0.25) is 0 Å². The maximum atomic E-state index is 6.17.